The van der Waals surface area contributed by atoms with E-state index >= 15 is 0 Å². The molecule has 0 atom stereocenters. The maximum absolute atomic E-state index is 13.1. The molecule has 5 aromatic rings. The number of carbonyl (C=O) groups excluding carboxylic acids is 2. The van der Waals surface area contributed by atoms with E-state index in [1.165, 1.54) is 5.56 Å². The molecule has 0 spiro atoms. The monoisotopic (exact) mass is 496 g/mol. The molecule has 186 valence electrons. The number of anilines is 1. The molecule has 0 aliphatic carbocycles. The second-order valence-electron chi connectivity index (χ2n) is 9.19. The van der Waals surface area contributed by atoms with E-state index in [0.29, 0.717) is 23.4 Å². The fraction of sp³-hybridized carbons (Fsp3) is 0.0588. The van der Waals surface area contributed by atoms with E-state index in [0.717, 1.165) is 27.8 Å². The molecule has 5 rings (SSSR count). The van der Waals surface area contributed by atoms with Gasteiger partial charge in [-0.3, -0.25) is 9.59 Å². The number of hydrogen-bond acceptors (Lipinski definition) is 2. The second kappa shape index (κ2) is 11.4. The van der Waals surface area contributed by atoms with Gasteiger partial charge in [0.05, 0.1) is 0 Å². The lowest BCUT2D eigenvalue weighted by molar-refractivity contribution is 0.0949. The van der Waals surface area contributed by atoms with Crippen molar-refractivity contribution in [2.45, 2.75) is 13.5 Å². The molecular formula is C34H28N2O2. The Morgan fingerprint density at radius 2 is 1.26 bits per heavy atom. The summed E-state index contributed by atoms with van der Waals surface area (Å²) in [7, 11) is 0. The lowest BCUT2D eigenvalue weighted by atomic mass is 9.99. The fourth-order valence-corrected chi connectivity index (χ4v) is 4.33. The van der Waals surface area contributed by atoms with E-state index in [4.69, 9.17) is 0 Å². The van der Waals surface area contributed by atoms with Crippen LogP contribution < -0.4 is 10.6 Å². The van der Waals surface area contributed by atoms with Crippen molar-refractivity contribution >= 4 is 17.5 Å². The van der Waals surface area contributed by atoms with Crippen molar-refractivity contribution in [2.75, 3.05) is 5.32 Å². The number of hydrogen-bond donors (Lipinski definition) is 2. The summed E-state index contributed by atoms with van der Waals surface area (Å²) in [5.74, 6) is -0.427. The lowest BCUT2D eigenvalue weighted by Gasteiger charge is -2.12. The molecule has 0 saturated carbocycles. The highest BCUT2D eigenvalue weighted by Gasteiger charge is 2.14. The van der Waals surface area contributed by atoms with Gasteiger partial charge in [-0.1, -0.05) is 109 Å². The quantitative estimate of drug-likeness (QED) is 0.245. The first kappa shape index (κ1) is 24.7. The number of rotatable bonds is 7. The zero-order valence-corrected chi connectivity index (χ0v) is 21.1. The van der Waals surface area contributed by atoms with Crippen LogP contribution in [0.1, 0.15) is 31.8 Å². The summed E-state index contributed by atoms with van der Waals surface area (Å²) >= 11 is 0. The summed E-state index contributed by atoms with van der Waals surface area (Å²) in [6, 6.07) is 40.9. The minimum atomic E-state index is -0.226. The van der Waals surface area contributed by atoms with Crippen LogP contribution in [0.4, 0.5) is 5.69 Å². The van der Waals surface area contributed by atoms with Gasteiger partial charge in [-0.15, -0.1) is 0 Å². The zero-order valence-electron chi connectivity index (χ0n) is 21.1. The maximum atomic E-state index is 13.1. The highest BCUT2D eigenvalue weighted by Crippen LogP contribution is 2.25. The second-order valence-corrected chi connectivity index (χ2v) is 9.19. The fourth-order valence-electron chi connectivity index (χ4n) is 4.33. The van der Waals surface area contributed by atoms with Gasteiger partial charge >= 0.3 is 0 Å². The number of carbonyl (C=O) groups is 2. The van der Waals surface area contributed by atoms with Crippen LogP contribution >= 0.6 is 0 Å². The van der Waals surface area contributed by atoms with Crippen LogP contribution in [-0.2, 0) is 6.54 Å². The Labute approximate surface area is 223 Å². The van der Waals surface area contributed by atoms with Gasteiger partial charge in [-0.05, 0) is 59.0 Å². The van der Waals surface area contributed by atoms with E-state index in [1.54, 1.807) is 30.3 Å². The van der Waals surface area contributed by atoms with E-state index in [2.05, 4.69) is 54.0 Å². The minimum Gasteiger partial charge on any atom is -0.348 e. The molecule has 0 unspecified atom stereocenters. The molecule has 0 aliphatic heterocycles. The molecule has 38 heavy (non-hydrogen) atoms. The molecule has 2 amide bonds. The van der Waals surface area contributed by atoms with Crippen molar-refractivity contribution in [1.82, 2.24) is 5.32 Å². The Kier molecular flexibility index (Phi) is 7.42. The van der Waals surface area contributed by atoms with Gasteiger partial charge in [0.2, 0.25) is 0 Å². The van der Waals surface area contributed by atoms with Gasteiger partial charge in [0.15, 0.2) is 0 Å². The average molecular weight is 497 g/mol. The van der Waals surface area contributed by atoms with Gasteiger partial charge in [0, 0.05) is 23.4 Å². The van der Waals surface area contributed by atoms with Crippen molar-refractivity contribution in [2.24, 2.45) is 0 Å². The predicted molar refractivity (Wildman–Crippen MR) is 154 cm³/mol. The van der Waals surface area contributed by atoms with Crippen molar-refractivity contribution in [1.29, 1.82) is 0 Å². The Balaban J connectivity index is 1.23. The zero-order chi connectivity index (χ0) is 26.3. The smallest absolute Gasteiger partial charge is 0.256 e. The third kappa shape index (κ3) is 5.88. The predicted octanol–water partition coefficient (Wildman–Crippen LogP) is 7.51. The molecule has 0 saturated heterocycles. The molecule has 4 nitrogen and oxygen atoms in total. The summed E-state index contributed by atoms with van der Waals surface area (Å²) in [6.07, 6.45) is 0. The lowest BCUT2D eigenvalue weighted by Crippen LogP contribution is -2.23. The van der Waals surface area contributed by atoms with E-state index in [-0.39, 0.29) is 11.8 Å². The Hall–Kier alpha value is -4.96. The van der Waals surface area contributed by atoms with Gasteiger partial charge in [0.25, 0.3) is 11.8 Å². The number of benzene rings is 5. The van der Waals surface area contributed by atoms with Crippen molar-refractivity contribution in [3.05, 3.63) is 150 Å². The van der Waals surface area contributed by atoms with Crippen LogP contribution in [0.2, 0.25) is 0 Å². The number of aryl methyl sites for hydroxylation is 1. The van der Waals surface area contributed by atoms with Crippen molar-refractivity contribution in [3.8, 4) is 22.3 Å². The highest BCUT2D eigenvalue weighted by molar-refractivity contribution is 6.09. The van der Waals surface area contributed by atoms with Crippen LogP contribution in [-0.4, -0.2) is 11.8 Å². The van der Waals surface area contributed by atoms with E-state index in [1.807, 2.05) is 60.7 Å². The van der Waals surface area contributed by atoms with Gasteiger partial charge < -0.3 is 10.6 Å². The average Bonchev–Trinajstić information content (AvgIpc) is 2.97. The molecule has 0 bridgehead atoms. The topological polar surface area (TPSA) is 58.2 Å². The standard InChI is InChI=1S/C34H28N2O2/c1-24-14-18-26(19-15-24)27-20-16-25(17-21-27)23-35-33(37)29-10-7-11-30(22-29)36-34(38)32-13-6-5-12-31(32)28-8-3-2-4-9-28/h2-22H,23H2,1H3,(H,35,37)(H,36,38). The SMILES string of the molecule is Cc1ccc(-c2ccc(CNC(=O)c3cccc(NC(=O)c4ccccc4-c4ccccc4)c3)cc2)cc1. The van der Waals surface area contributed by atoms with E-state index < -0.39 is 0 Å². The molecule has 2 N–H and O–H groups in total. The van der Waals surface area contributed by atoms with Crippen molar-refractivity contribution < 1.29 is 9.59 Å². The molecule has 0 aliphatic rings. The van der Waals surface area contributed by atoms with Crippen LogP contribution in [0.3, 0.4) is 0 Å². The summed E-state index contributed by atoms with van der Waals surface area (Å²) in [4.78, 5) is 26.0. The number of nitrogens with one attached hydrogen (secondary N) is 2. The molecule has 5 aromatic carbocycles. The Morgan fingerprint density at radius 1 is 0.605 bits per heavy atom. The third-order valence-electron chi connectivity index (χ3n) is 6.43. The normalized spacial score (nSPS) is 10.6. The van der Waals surface area contributed by atoms with Gasteiger partial charge in [-0.2, -0.15) is 0 Å². The molecule has 0 fully saturated rings. The summed E-state index contributed by atoms with van der Waals surface area (Å²) in [5, 5.41) is 5.92. The Bertz CT molecular complexity index is 1560. The van der Waals surface area contributed by atoms with Crippen LogP contribution in [0.5, 0.6) is 0 Å². The first-order valence-electron chi connectivity index (χ1n) is 12.6. The Morgan fingerprint density at radius 3 is 2.00 bits per heavy atom. The first-order valence-corrected chi connectivity index (χ1v) is 12.6. The van der Waals surface area contributed by atoms with Gasteiger partial charge in [0.1, 0.15) is 0 Å². The third-order valence-corrected chi connectivity index (χ3v) is 6.43. The van der Waals surface area contributed by atoms with Gasteiger partial charge in [-0.25, -0.2) is 0 Å². The first-order chi connectivity index (χ1) is 18.6. The van der Waals surface area contributed by atoms with Crippen molar-refractivity contribution in [3.63, 3.8) is 0 Å². The molecule has 0 radical (unpaired) electrons. The molecular weight excluding hydrogens is 468 g/mol. The van der Waals surface area contributed by atoms with Crippen LogP contribution in [0.25, 0.3) is 22.3 Å². The highest BCUT2D eigenvalue weighted by atomic mass is 16.2. The van der Waals surface area contributed by atoms with Crippen LogP contribution in [0.15, 0.2) is 127 Å². The summed E-state index contributed by atoms with van der Waals surface area (Å²) in [5.41, 5.74) is 7.98. The largest absolute Gasteiger partial charge is 0.348 e. The van der Waals surface area contributed by atoms with E-state index in [9.17, 15) is 9.59 Å². The summed E-state index contributed by atoms with van der Waals surface area (Å²) < 4.78 is 0. The minimum absolute atomic E-state index is 0.201. The molecule has 0 aromatic heterocycles. The summed E-state index contributed by atoms with van der Waals surface area (Å²) in [6.45, 7) is 2.48. The van der Waals surface area contributed by atoms with Crippen LogP contribution in [0, 0.1) is 6.92 Å². The molecule has 4 heteroatoms. The number of amides is 2. The maximum Gasteiger partial charge on any atom is 0.256 e. The molecule has 0 heterocycles.